The third-order valence-electron chi connectivity index (χ3n) is 3.55. The van der Waals surface area contributed by atoms with Crippen LogP contribution in [0.3, 0.4) is 0 Å². The van der Waals surface area contributed by atoms with Crippen molar-refractivity contribution in [1.82, 2.24) is 4.31 Å². The lowest BCUT2D eigenvalue weighted by Gasteiger charge is -2.30. The van der Waals surface area contributed by atoms with Gasteiger partial charge in [-0.25, -0.2) is 13.2 Å². The van der Waals surface area contributed by atoms with E-state index in [4.69, 9.17) is 9.84 Å². The number of halogens is 1. The molecule has 0 radical (unpaired) electrons. The maximum Gasteiger partial charge on any atom is 0.336 e. The Hall–Kier alpha value is -0.710. The van der Waals surface area contributed by atoms with Gasteiger partial charge in [0.1, 0.15) is 0 Å². The summed E-state index contributed by atoms with van der Waals surface area (Å²) >= 11 is 1.88. The first-order chi connectivity index (χ1) is 9.84. The van der Waals surface area contributed by atoms with Crippen LogP contribution in [0.1, 0.15) is 23.2 Å². The van der Waals surface area contributed by atoms with E-state index in [1.165, 1.54) is 29.6 Å². The third-order valence-corrected chi connectivity index (χ3v) is 6.40. The minimum Gasteiger partial charge on any atom is -0.478 e. The van der Waals surface area contributed by atoms with Crippen molar-refractivity contribution < 1.29 is 23.1 Å². The Morgan fingerprint density at radius 1 is 1.38 bits per heavy atom. The summed E-state index contributed by atoms with van der Waals surface area (Å²) in [6.45, 7) is 1.08. The largest absolute Gasteiger partial charge is 0.478 e. The van der Waals surface area contributed by atoms with Crippen molar-refractivity contribution >= 4 is 38.6 Å². The van der Waals surface area contributed by atoms with Crippen LogP contribution in [0.4, 0.5) is 0 Å². The van der Waals surface area contributed by atoms with Crippen LogP contribution in [0.2, 0.25) is 0 Å². The van der Waals surface area contributed by atoms with Crippen LogP contribution in [0, 0.1) is 3.57 Å². The first-order valence-corrected chi connectivity index (χ1v) is 8.94. The van der Waals surface area contributed by atoms with Crippen LogP contribution in [-0.4, -0.2) is 50.1 Å². The maximum atomic E-state index is 12.6. The van der Waals surface area contributed by atoms with Gasteiger partial charge < -0.3 is 9.84 Å². The highest BCUT2D eigenvalue weighted by Gasteiger charge is 2.30. The molecular formula is C13H16INO5S. The molecular weight excluding hydrogens is 409 g/mol. The van der Waals surface area contributed by atoms with Gasteiger partial charge in [0, 0.05) is 29.9 Å². The fourth-order valence-electron chi connectivity index (χ4n) is 2.24. The molecule has 1 aliphatic rings. The summed E-state index contributed by atoms with van der Waals surface area (Å²) < 4.78 is 32.3. The monoisotopic (exact) mass is 425 g/mol. The zero-order valence-electron chi connectivity index (χ0n) is 11.5. The Morgan fingerprint density at radius 3 is 2.57 bits per heavy atom. The molecule has 116 valence electrons. The van der Waals surface area contributed by atoms with E-state index in [0.717, 1.165) is 0 Å². The second-order valence-electron chi connectivity index (χ2n) is 4.81. The number of rotatable bonds is 4. The summed E-state index contributed by atoms with van der Waals surface area (Å²) in [6.07, 6.45) is 1.29. The van der Waals surface area contributed by atoms with Crippen LogP contribution in [0.5, 0.6) is 0 Å². The maximum absolute atomic E-state index is 12.6. The quantitative estimate of drug-likeness (QED) is 0.744. The molecule has 1 aliphatic heterocycles. The molecule has 2 rings (SSSR count). The van der Waals surface area contributed by atoms with Crippen molar-refractivity contribution in [3.8, 4) is 0 Å². The fraction of sp³-hybridized carbons (Fsp3) is 0.462. The van der Waals surface area contributed by atoms with E-state index in [1.54, 1.807) is 0 Å². The van der Waals surface area contributed by atoms with Gasteiger partial charge in [-0.1, -0.05) is 0 Å². The van der Waals surface area contributed by atoms with E-state index in [2.05, 4.69) is 0 Å². The normalized spacial score (nSPS) is 17.1. The summed E-state index contributed by atoms with van der Waals surface area (Å²) in [4.78, 5) is 11.2. The molecule has 21 heavy (non-hydrogen) atoms. The molecule has 0 spiro atoms. The predicted octanol–water partition coefficient (Wildman–Crippen LogP) is 1.79. The van der Waals surface area contributed by atoms with Crippen LogP contribution >= 0.6 is 22.6 Å². The van der Waals surface area contributed by atoms with E-state index < -0.39 is 16.0 Å². The molecule has 6 nitrogen and oxygen atoms in total. The van der Waals surface area contributed by atoms with Crippen molar-refractivity contribution in [2.75, 3.05) is 20.3 Å². The Labute approximate surface area is 137 Å². The number of benzene rings is 1. The number of carbonyl (C=O) groups is 1. The average molecular weight is 425 g/mol. The van der Waals surface area contributed by atoms with Gasteiger partial charge in [0.2, 0.25) is 10.0 Å². The number of carboxylic acids is 1. The first kappa shape index (κ1) is 16.7. The molecule has 0 bridgehead atoms. The highest BCUT2D eigenvalue weighted by molar-refractivity contribution is 14.1. The Balaban J connectivity index is 2.34. The number of aromatic carboxylic acids is 1. The smallest absolute Gasteiger partial charge is 0.336 e. The van der Waals surface area contributed by atoms with Crippen molar-refractivity contribution in [3.63, 3.8) is 0 Å². The van der Waals surface area contributed by atoms with Crippen molar-refractivity contribution in [3.05, 3.63) is 27.3 Å². The first-order valence-electron chi connectivity index (χ1n) is 6.42. The summed E-state index contributed by atoms with van der Waals surface area (Å²) in [7, 11) is -2.17. The molecule has 0 unspecified atom stereocenters. The van der Waals surface area contributed by atoms with Crippen LogP contribution in [0.25, 0.3) is 0 Å². The second-order valence-corrected chi connectivity index (χ2v) is 7.97. The average Bonchev–Trinajstić information content (AvgIpc) is 2.47. The molecule has 1 fully saturated rings. The van der Waals surface area contributed by atoms with Gasteiger partial charge in [0.05, 0.1) is 10.5 Å². The highest BCUT2D eigenvalue weighted by Crippen LogP contribution is 2.24. The lowest BCUT2D eigenvalue weighted by molar-refractivity contribution is 0.0632. The molecule has 1 heterocycles. The van der Waals surface area contributed by atoms with Gasteiger partial charge in [-0.05, 0) is 53.6 Å². The molecule has 0 aromatic heterocycles. The second kappa shape index (κ2) is 6.59. The van der Waals surface area contributed by atoms with Gasteiger partial charge in [-0.3, -0.25) is 0 Å². The molecule has 1 saturated heterocycles. The van der Waals surface area contributed by atoms with E-state index in [9.17, 15) is 13.2 Å². The number of sulfonamides is 1. The molecule has 0 aliphatic carbocycles. The van der Waals surface area contributed by atoms with Gasteiger partial charge in [0.15, 0.2) is 0 Å². The number of nitrogens with zero attached hydrogens (tertiary/aromatic N) is 1. The molecule has 1 aromatic carbocycles. The fourth-order valence-corrected chi connectivity index (χ4v) is 4.25. The molecule has 0 amide bonds. The summed E-state index contributed by atoms with van der Waals surface area (Å²) in [5.74, 6) is -1.13. The predicted molar refractivity (Wildman–Crippen MR) is 84.9 cm³/mol. The zero-order valence-corrected chi connectivity index (χ0v) is 14.4. The Morgan fingerprint density at radius 2 is 2.00 bits per heavy atom. The van der Waals surface area contributed by atoms with Crippen LogP contribution in [0.15, 0.2) is 23.1 Å². The van der Waals surface area contributed by atoms with E-state index in [-0.39, 0.29) is 16.5 Å². The Bertz CT molecular complexity index is 640. The molecule has 1 aromatic rings. The van der Waals surface area contributed by atoms with Gasteiger partial charge in [0.25, 0.3) is 0 Å². The minimum absolute atomic E-state index is 0.00273. The lowest BCUT2D eigenvalue weighted by Crippen LogP contribution is -2.40. The lowest BCUT2D eigenvalue weighted by atomic mass is 10.1. The molecule has 8 heteroatoms. The number of ether oxygens (including phenoxy) is 1. The molecule has 0 atom stereocenters. The van der Waals surface area contributed by atoms with E-state index >= 15 is 0 Å². The summed E-state index contributed by atoms with van der Waals surface area (Å²) in [5, 5.41) is 9.11. The van der Waals surface area contributed by atoms with E-state index in [1.807, 2.05) is 22.6 Å². The topological polar surface area (TPSA) is 83.9 Å². The number of hydrogen-bond donors (Lipinski definition) is 1. The van der Waals surface area contributed by atoms with Gasteiger partial charge in [-0.2, -0.15) is 4.31 Å². The standard InChI is InChI=1S/C13H16INO5S/c1-15(9-4-6-20-7-5-9)21(18,19)10-2-3-12(14)11(8-10)13(16)17/h2-3,8-9H,4-7H2,1H3,(H,16,17). The van der Waals surface area contributed by atoms with Crippen molar-refractivity contribution in [2.24, 2.45) is 0 Å². The Kier molecular flexibility index (Phi) is 5.23. The summed E-state index contributed by atoms with van der Waals surface area (Å²) in [5.41, 5.74) is -0.00273. The van der Waals surface area contributed by atoms with Crippen LogP contribution < -0.4 is 0 Å². The highest BCUT2D eigenvalue weighted by atomic mass is 127. The number of carboxylic acid groups (broad SMARTS) is 1. The zero-order chi connectivity index (χ0) is 15.6. The van der Waals surface area contributed by atoms with E-state index in [0.29, 0.717) is 29.6 Å². The van der Waals surface area contributed by atoms with Crippen LogP contribution in [-0.2, 0) is 14.8 Å². The summed E-state index contributed by atoms with van der Waals surface area (Å²) in [6, 6.07) is 4.06. The number of hydrogen-bond acceptors (Lipinski definition) is 4. The molecule has 1 N–H and O–H groups in total. The third kappa shape index (κ3) is 3.55. The minimum atomic E-state index is -3.70. The van der Waals surface area contributed by atoms with Gasteiger partial charge in [-0.15, -0.1) is 0 Å². The van der Waals surface area contributed by atoms with Gasteiger partial charge >= 0.3 is 5.97 Å². The van der Waals surface area contributed by atoms with Crippen molar-refractivity contribution in [1.29, 1.82) is 0 Å². The van der Waals surface area contributed by atoms with Crippen molar-refractivity contribution in [2.45, 2.75) is 23.8 Å². The molecule has 0 saturated carbocycles. The SMILES string of the molecule is CN(C1CCOCC1)S(=O)(=O)c1ccc(I)c(C(=O)O)c1.